The van der Waals surface area contributed by atoms with Crippen molar-refractivity contribution in [3.05, 3.63) is 25.4 Å². The zero-order chi connectivity index (χ0) is 7.28. The highest BCUT2D eigenvalue weighted by molar-refractivity contribution is 6.42. The average molecular weight is 124 g/mol. The quantitative estimate of drug-likeness (QED) is 0.538. The molecule has 48 valence electrons. The molecule has 0 bridgehead atoms. The number of rotatable bonds is 3. The first-order valence-electron chi connectivity index (χ1n) is 2.33. The van der Waals surface area contributed by atoms with Crippen molar-refractivity contribution in [3.8, 4) is 0 Å². The minimum atomic E-state index is -0.593. The zero-order valence-corrected chi connectivity index (χ0v) is 5.00. The molecule has 0 fully saturated rings. The van der Waals surface area contributed by atoms with Gasteiger partial charge in [0.05, 0.1) is 0 Å². The number of primary amides is 1. The summed E-state index contributed by atoms with van der Waals surface area (Å²) in [6.07, 6.45) is 2.52. The minimum absolute atomic E-state index is 0.130. The van der Waals surface area contributed by atoms with Gasteiger partial charge >= 0.3 is 0 Å². The summed E-state index contributed by atoms with van der Waals surface area (Å²) in [6.45, 7) is 6.61. The van der Waals surface area contributed by atoms with Crippen molar-refractivity contribution in [2.24, 2.45) is 10.7 Å². The average Bonchev–Trinajstić information content (AvgIpc) is 1.82. The Hall–Kier alpha value is -1.38. The van der Waals surface area contributed by atoms with Crippen molar-refractivity contribution in [3.63, 3.8) is 0 Å². The third-order valence-electron chi connectivity index (χ3n) is 0.676. The van der Waals surface area contributed by atoms with Gasteiger partial charge in [-0.3, -0.25) is 9.79 Å². The SMILES string of the molecule is C=CN=C(C=C)C(N)=O. The van der Waals surface area contributed by atoms with E-state index in [0.29, 0.717) is 0 Å². The lowest BCUT2D eigenvalue weighted by Gasteiger charge is -1.87. The number of carbonyl (C=O) groups excluding carboxylic acids is 1. The number of aliphatic imine (C=N–C) groups is 1. The monoisotopic (exact) mass is 124 g/mol. The van der Waals surface area contributed by atoms with Crippen LogP contribution in [0.15, 0.2) is 30.4 Å². The normalized spacial score (nSPS) is 10.4. The third-order valence-corrected chi connectivity index (χ3v) is 0.676. The molecule has 0 rings (SSSR count). The largest absolute Gasteiger partial charge is 0.364 e. The summed E-state index contributed by atoms with van der Waals surface area (Å²) < 4.78 is 0. The number of nitrogens with two attached hydrogens (primary N) is 1. The first-order chi connectivity index (χ1) is 4.22. The second-order valence-corrected chi connectivity index (χ2v) is 1.27. The fourth-order valence-electron chi connectivity index (χ4n) is 0.315. The van der Waals surface area contributed by atoms with Crippen molar-refractivity contribution in [1.82, 2.24) is 0 Å². The van der Waals surface area contributed by atoms with Gasteiger partial charge in [0.25, 0.3) is 5.91 Å². The van der Waals surface area contributed by atoms with E-state index in [2.05, 4.69) is 18.2 Å². The van der Waals surface area contributed by atoms with E-state index < -0.39 is 5.91 Å². The summed E-state index contributed by atoms with van der Waals surface area (Å²) in [5.41, 5.74) is 4.97. The lowest BCUT2D eigenvalue weighted by atomic mass is 10.3. The van der Waals surface area contributed by atoms with E-state index in [0.717, 1.165) is 0 Å². The fraction of sp³-hybridized carbons (Fsp3) is 0. The molecule has 2 N–H and O–H groups in total. The van der Waals surface area contributed by atoms with Gasteiger partial charge in [-0.15, -0.1) is 0 Å². The Kier molecular flexibility index (Phi) is 3.05. The molecule has 3 heteroatoms. The standard InChI is InChI=1S/C6H8N2O/c1-3-5(6(7)9)8-4-2/h3-4H,1-2H2,(H2,7,9). The van der Waals surface area contributed by atoms with E-state index in [1.54, 1.807) is 0 Å². The number of carbonyl (C=O) groups is 1. The van der Waals surface area contributed by atoms with Gasteiger partial charge in [-0.2, -0.15) is 0 Å². The molecule has 0 spiro atoms. The van der Waals surface area contributed by atoms with Crippen molar-refractivity contribution in [2.45, 2.75) is 0 Å². The summed E-state index contributed by atoms with van der Waals surface area (Å²) in [6, 6.07) is 0. The molecule has 0 atom stereocenters. The van der Waals surface area contributed by atoms with Crippen molar-refractivity contribution < 1.29 is 4.79 Å². The van der Waals surface area contributed by atoms with Crippen molar-refractivity contribution in [1.29, 1.82) is 0 Å². The number of hydrogen-bond acceptors (Lipinski definition) is 2. The Bertz CT molecular complexity index is 170. The molecule has 1 amide bonds. The predicted octanol–water partition coefficient (Wildman–Crippen LogP) is 0.242. The second kappa shape index (κ2) is 3.60. The maximum atomic E-state index is 10.3. The van der Waals surface area contributed by atoms with Gasteiger partial charge in [-0.05, 0) is 6.08 Å². The maximum Gasteiger partial charge on any atom is 0.267 e. The molecule has 0 heterocycles. The number of hydrogen-bond donors (Lipinski definition) is 1. The van der Waals surface area contributed by atoms with Gasteiger partial charge in [0.2, 0.25) is 0 Å². The van der Waals surface area contributed by atoms with E-state index in [4.69, 9.17) is 5.73 Å². The van der Waals surface area contributed by atoms with E-state index in [-0.39, 0.29) is 5.71 Å². The Morgan fingerprint density at radius 2 is 2.11 bits per heavy atom. The van der Waals surface area contributed by atoms with Crippen LogP contribution in [0.2, 0.25) is 0 Å². The third kappa shape index (κ3) is 2.43. The molecule has 3 nitrogen and oxygen atoms in total. The molecule has 0 aliphatic rings. The molecule has 0 radical (unpaired) electrons. The molecule has 0 aromatic heterocycles. The van der Waals surface area contributed by atoms with Gasteiger partial charge in [0, 0.05) is 6.20 Å². The first kappa shape index (κ1) is 7.62. The molecular formula is C6H8N2O. The number of nitrogens with zero attached hydrogens (tertiary/aromatic N) is 1. The van der Waals surface area contributed by atoms with Crippen LogP contribution in [-0.4, -0.2) is 11.6 Å². The summed E-state index contributed by atoms with van der Waals surface area (Å²) in [7, 11) is 0. The smallest absolute Gasteiger partial charge is 0.267 e. The topological polar surface area (TPSA) is 55.4 Å². The molecule has 0 aromatic rings. The molecular weight excluding hydrogens is 116 g/mol. The summed E-state index contributed by atoms with van der Waals surface area (Å²) in [5.74, 6) is -0.593. The van der Waals surface area contributed by atoms with E-state index in [1.807, 2.05) is 0 Å². The van der Waals surface area contributed by atoms with Gasteiger partial charge < -0.3 is 5.73 Å². The van der Waals surface area contributed by atoms with Gasteiger partial charge in [-0.1, -0.05) is 13.2 Å². The lowest BCUT2D eigenvalue weighted by molar-refractivity contribution is -0.111. The van der Waals surface area contributed by atoms with Crippen LogP contribution in [0.5, 0.6) is 0 Å². The Morgan fingerprint density at radius 1 is 1.56 bits per heavy atom. The van der Waals surface area contributed by atoms with E-state index >= 15 is 0 Å². The van der Waals surface area contributed by atoms with Crippen molar-refractivity contribution in [2.75, 3.05) is 0 Å². The van der Waals surface area contributed by atoms with Crippen LogP contribution in [0.1, 0.15) is 0 Å². The van der Waals surface area contributed by atoms with Crippen LogP contribution >= 0.6 is 0 Å². The van der Waals surface area contributed by atoms with Crippen LogP contribution in [0, 0.1) is 0 Å². The number of amides is 1. The molecule has 0 saturated heterocycles. The highest BCUT2D eigenvalue weighted by Gasteiger charge is 1.97. The van der Waals surface area contributed by atoms with E-state index in [1.165, 1.54) is 12.3 Å². The Morgan fingerprint density at radius 3 is 2.22 bits per heavy atom. The molecule has 0 unspecified atom stereocenters. The van der Waals surface area contributed by atoms with Gasteiger partial charge in [0.1, 0.15) is 5.71 Å². The summed E-state index contributed by atoms with van der Waals surface area (Å²) in [4.78, 5) is 13.8. The Balaban J connectivity index is 4.32. The second-order valence-electron chi connectivity index (χ2n) is 1.27. The molecule has 0 aliphatic carbocycles. The lowest BCUT2D eigenvalue weighted by Crippen LogP contribution is -2.20. The minimum Gasteiger partial charge on any atom is -0.364 e. The van der Waals surface area contributed by atoms with Crippen LogP contribution in [0.25, 0.3) is 0 Å². The van der Waals surface area contributed by atoms with Gasteiger partial charge in [0.15, 0.2) is 0 Å². The van der Waals surface area contributed by atoms with Crippen LogP contribution in [0.4, 0.5) is 0 Å². The van der Waals surface area contributed by atoms with Crippen molar-refractivity contribution >= 4 is 11.6 Å². The van der Waals surface area contributed by atoms with E-state index in [9.17, 15) is 4.79 Å². The summed E-state index contributed by atoms with van der Waals surface area (Å²) in [5, 5.41) is 0. The van der Waals surface area contributed by atoms with Crippen LogP contribution in [-0.2, 0) is 4.79 Å². The highest BCUT2D eigenvalue weighted by atomic mass is 16.1. The highest BCUT2D eigenvalue weighted by Crippen LogP contribution is 1.78. The molecule has 9 heavy (non-hydrogen) atoms. The van der Waals surface area contributed by atoms with Crippen LogP contribution in [0.3, 0.4) is 0 Å². The zero-order valence-electron chi connectivity index (χ0n) is 5.00. The predicted molar refractivity (Wildman–Crippen MR) is 37.0 cm³/mol. The van der Waals surface area contributed by atoms with Gasteiger partial charge in [-0.25, -0.2) is 0 Å². The maximum absolute atomic E-state index is 10.3. The summed E-state index contributed by atoms with van der Waals surface area (Å²) >= 11 is 0. The first-order valence-corrected chi connectivity index (χ1v) is 2.33. The molecule has 0 aliphatic heterocycles. The molecule has 0 saturated carbocycles. The Labute approximate surface area is 53.6 Å². The molecule has 0 aromatic carbocycles. The fourth-order valence-corrected chi connectivity index (χ4v) is 0.315. The van der Waals surface area contributed by atoms with Crippen LogP contribution < -0.4 is 5.73 Å².